The van der Waals surface area contributed by atoms with E-state index in [1.54, 1.807) is 6.92 Å². The van der Waals surface area contributed by atoms with E-state index in [0.29, 0.717) is 5.56 Å². The minimum atomic E-state index is -0.736. The van der Waals surface area contributed by atoms with E-state index < -0.39 is 11.5 Å². The van der Waals surface area contributed by atoms with Crippen LogP contribution in [0.5, 0.6) is 11.5 Å². The molecular weight excluding hydrogens is 238 g/mol. The summed E-state index contributed by atoms with van der Waals surface area (Å²) < 4.78 is 4.95. The van der Waals surface area contributed by atoms with Gasteiger partial charge in [0, 0.05) is 19.1 Å². The van der Waals surface area contributed by atoms with Crippen molar-refractivity contribution in [3.8, 4) is 11.5 Å². The fourth-order valence-electron chi connectivity index (χ4n) is 1.79. The molecule has 0 aliphatic rings. The zero-order valence-corrected chi connectivity index (χ0v) is 9.77. The van der Waals surface area contributed by atoms with Crippen LogP contribution in [-0.2, 0) is 4.79 Å². The Morgan fingerprint density at radius 3 is 2.61 bits per heavy atom. The number of phenolic OH excluding ortho intramolecular Hbond substituents is 2. The molecule has 0 unspecified atom stereocenters. The number of aryl methyl sites for hydroxylation is 1. The minimum Gasteiger partial charge on any atom is -0.508 e. The van der Waals surface area contributed by atoms with Gasteiger partial charge in [-0.3, -0.25) is 4.79 Å². The number of rotatable bonds is 1. The average Bonchev–Trinajstić information content (AvgIpc) is 2.22. The fourth-order valence-corrected chi connectivity index (χ4v) is 1.79. The van der Waals surface area contributed by atoms with Crippen LogP contribution in [0, 0.1) is 6.92 Å². The highest BCUT2D eigenvalue weighted by molar-refractivity contribution is 5.96. The molecule has 0 saturated heterocycles. The molecule has 2 rings (SSSR count). The first kappa shape index (κ1) is 12.0. The second-order valence-electron chi connectivity index (χ2n) is 3.91. The van der Waals surface area contributed by atoms with Gasteiger partial charge in [-0.1, -0.05) is 0 Å². The van der Waals surface area contributed by atoms with E-state index in [1.165, 1.54) is 13.0 Å². The van der Waals surface area contributed by atoms with Crippen LogP contribution in [0.15, 0.2) is 21.3 Å². The molecule has 0 fully saturated rings. The first-order chi connectivity index (χ1) is 8.40. The molecule has 0 radical (unpaired) electrons. The molecule has 6 nitrogen and oxygen atoms in total. The lowest BCUT2D eigenvalue weighted by Crippen LogP contribution is -2.16. The van der Waals surface area contributed by atoms with Crippen LogP contribution in [0.4, 0.5) is 5.69 Å². The Labute approximate surface area is 101 Å². The highest BCUT2D eigenvalue weighted by Gasteiger charge is 2.15. The van der Waals surface area contributed by atoms with Crippen LogP contribution in [0.1, 0.15) is 12.5 Å². The number of carbonyl (C=O) groups excluding carboxylic acids is 1. The standard InChI is InChI=1S/C12H11NO5/c1-5-10-8(16)3-7(15)4-9(10)18-12(17)11(5)13-6(2)14/h3-4,15-16H,1-2H3,(H,13,14). The summed E-state index contributed by atoms with van der Waals surface area (Å²) in [4.78, 5) is 22.7. The molecule has 0 saturated carbocycles. The van der Waals surface area contributed by atoms with Crippen molar-refractivity contribution >= 4 is 22.6 Å². The third-order valence-corrected chi connectivity index (χ3v) is 2.52. The number of benzene rings is 1. The third kappa shape index (κ3) is 1.88. The van der Waals surface area contributed by atoms with Gasteiger partial charge in [0.25, 0.3) is 0 Å². The third-order valence-electron chi connectivity index (χ3n) is 2.52. The van der Waals surface area contributed by atoms with E-state index in [4.69, 9.17) is 4.42 Å². The van der Waals surface area contributed by atoms with Crippen LogP contribution < -0.4 is 10.9 Å². The smallest absolute Gasteiger partial charge is 0.360 e. The van der Waals surface area contributed by atoms with Crippen molar-refractivity contribution < 1.29 is 19.4 Å². The zero-order valence-electron chi connectivity index (χ0n) is 9.77. The SMILES string of the molecule is CC(=O)Nc1c(C)c2c(O)cc(O)cc2oc1=O. The lowest BCUT2D eigenvalue weighted by atomic mass is 10.1. The molecule has 18 heavy (non-hydrogen) atoms. The Morgan fingerprint density at radius 2 is 2.00 bits per heavy atom. The number of amides is 1. The van der Waals surface area contributed by atoms with Crippen molar-refractivity contribution in [2.45, 2.75) is 13.8 Å². The summed E-state index contributed by atoms with van der Waals surface area (Å²) in [6.45, 7) is 2.83. The Bertz CT molecular complexity index is 702. The molecule has 3 N–H and O–H groups in total. The van der Waals surface area contributed by atoms with Gasteiger partial charge in [0.1, 0.15) is 22.8 Å². The molecule has 0 aliphatic heterocycles. The van der Waals surface area contributed by atoms with Gasteiger partial charge >= 0.3 is 5.63 Å². The van der Waals surface area contributed by atoms with Gasteiger partial charge in [-0.05, 0) is 12.5 Å². The Hall–Kier alpha value is -2.50. The van der Waals surface area contributed by atoms with Gasteiger partial charge in [0.05, 0.1) is 5.39 Å². The van der Waals surface area contributed by atoms with Crippen LogP contribution in [0.25, 0.3) is 11.0 Å². The summed E-state index contributed by atoms with van der Waals surface area (Å²) >= 11 is 0. The number of carbonyl (C=O) groups is 1. The molecule has 1 aromatic carbocycles. The van der Waals surface area contributed by atoms with Crippen LogP contribution in [-0.4, -0.2) is 16.1 Å². The summed E-state index contributed by atoms with van der Waals surface area (Å²) in [5.41, 5.74) is -0.311. The molecule has 0 spiro atoms. The molecule has 0 bridgehead atoms. The largest absolute Gasteiger partial charge is 0.508 e. The number of fused-ring (bicyclic) bond motifs is 1. The summed E-state index contributed by atoms with van der Waals surface area (Å²) in [6.07, 6.45) is 0. The second kappa shape index (κ2) is 4.06. The number of anilines is 1. The van der Waals surface area contributed by atoms with E-state index in [2.05, 4.69) is 5.32 Å². The van der Waals surface area contributed by atoms with Crippen molar-refractivity contribution in [1.82, 2.24) is 0 Å². The van der Waals surface area contributed by atoms with Gasteiger partial charge < -0.3 is 19.9 Å². The van der Waals surface area contributed by atoms with Crippen LogP contribution in [0.2, 0.25) is 0 Å². The van der Waals surface area contributed by atoms with Crippen molar-refractivity contribution in [1.29, 1.82) is 0 Å². The summed E-state index contributed by atoms with van der Waals surface area (Å²) in [5.74, 6) is -0.851. The zero-order chi connectivity index (χ0) is 13.4. The number of nitrogens with one attached hydrogen (secondary N) is 1. The number of phenols is 2. The molecule has 6 heteroatoms. The number of hydrogen-bond acceptors (Lipinski definition) is 5. The topological polar surface area (TPSA) is 99.8 Å². The Balaban J connectivity index is 2.85. The first-order valence-electron chi connectivity index (χ1n) is 5.17. The predicted molar refractivity (Wildman–Crippen MR) is 64.9 cm³/mol. The molecular formula is C12H11NO5. The highest BCUT2D eigenvalue weighted by Crippen LogP contribution is 2.33. The normalized spacial score (nSPS) is 10.6. The first-order valence-corrected chi connectivity index (χ1v) is 5.17. The van der Waals surface area contributed by atoms with Crippen LogP contribution >= 0.6 is 0 Å². The fraction of sp³-hybridized carbons (Fsp3) is 0.167. The maximum Gasteiger partial charge on any atom is 0.360 e. The monoisotopic (exact) mass is 249 g/mol. The maximum atomic E-state index is 11.7. The summed E-state index contributed by atoms with van der Waals surface area (Å²) in [7, 11) is 0. The number of hydrogen-bond donors (Lipinski definition) is 3. The van der Waals surface area contributed by atoms with Gasteiger partial charge in [-0.15, -0.1) is 0 Å². The van der Waals surface area contributed by atoms with Gasteiger partial charge in [0.15, 0.2) is 0 Å². The van der Waals surface area contributed by atoms with E-state index in [1.807, 2.05) is 0 Å². The number of aromatic hydroxyl groups is 2. The average molecular weight is 249 g/mol. The Morgan fingerprint density at radius 1 is 1.33 bits per heavy atom. The minimum absolute atomic E-state index is 0.0176. The van der Waals surface area contributed by atoms with Gasteiger partial charge in [-0.25, -0.2) is 4.79 Å². The summed E-state index contributed by atoms with van der Waals surface area (Å²) in [5, 5.41) is 21.7. The molecule has 1 aromatic heterocycles. The van der Waals surface area contributed by atoms with Crippen LogP contribution in [0.3, 0.4) is 0 Å². The van der Waals surface area contributed by atoms with Crippen molar-refractivity contribution in [2.75, 3.05) is 5.32 Å². The lowest BCUT2D eigenvalue weighted by molar-refractivity contribution is -0.114. The van der Waals surface area contributed by atoms with E-state index in [9.17, 15) is 19.8 Å². The maximum absolute atomic E-state index is 11.7. The van der Waals surface area contributed by atoms with E-state index in [-0.39, 0.29) is 28.2 Å². The molecule has 0 aliphatic carbocycles. The molecule has 2 aromatic rings. The van der Waals surface area contributed by atoms with Crippen molar-refractivity contribution in [3.63, 3.8) is 0 Å². The Kier molecular flexibility index (Phi) is 2.70. The van der Waals surface area contributed by atoms with E-state index >= 15 is 0 Å². The summed E-state index contributed by atoms with van der Waals surface area (Å²) in [6, 6.07) is 2.36. The van der Waals surface area contributed by atoms with E-state index in [0.717, 1.165) is 6.07 Å². The van der Waals surface area contributed by atoms with Crippen molar-refractivity contribution in [2.24, 2.45) is 0 Å². The predicted octanol–water partition coefficient (Wildman–Crippen LogP) is 1.47. The molecule has 1 heterocycles. The quantitative estimate of drug-likeness (QED) is 0.664. The second-order valence-corrected chi connectivity index (χ2v) is 3.91. The van der Waals surface area contributed by atoms with Gasteiger partial charge in [-0.2, -0.15) is 0 Å². The molecule has 1 amide bonds. The van der Waals surface area contributed by atoms with Crippen molar-refractivity contribution in [3.05, 3.63) is 28.1 Å². The molecule has 0 atom stereocenters. The highest BCUT2D eigenvalue weighted by atomic mass is 16.4. The molecule has 94 valence electrons. The van der Waals surface area contributed by atoms with Gasteiger partial charge in [0.2, 0.25) is 5.91 Å². The lowest BCUT2D eigenvalue weighted by Gasteiger charge is -2.09.